The molecule has 0 bridgehead atoms. The molecule has 1 N–H and O–H groups in total. The molecule has 0 aromatic carbocycles. The van der Waals surface area contributed by atoms with E-state index in [-0.39, 0.29) is 11.9 Å². The van der Waals surface area contributed by atoms with Crippen LogP contribution in [0.3, 0.4) is 0 Å². The molecule has 1 rings (SSSR count). The molecule has 0 unspecified atom stereocenters. The van der Waals surface area contributed by atoms with E-state index in [2.05, 4.69) is 12.2 Å². The molecule has 1 heterocycles. The van der Waals surface area contributed by atoms with E-state index in [0.29, 0.717) is 23.6 Å². The second-order valence-corrected chi connectivity index (χ2v) is 7.91. The molecule has 0 fully saturated rings. The molecule has 5 heteroatoms. The van der Waals surface area contributed by atoms with Gasteiger partial charge in [0, 0.05) is 11.3 Å². The third-order valence-electron chi connectivity index (χ3n) is 4.55. The first kappa shape index (κ1) is 22.7. The highest BCUT2D eigenvalue weighted by Gasteiger charge is 2.23. The SMILES string of the molecule is CCCCCCCCCCC(=O)Nc1sc(C)c(CC)c1C(=O)OCC. The minimum atomic E-state index is -0.337. The van der Waals surface area contributed by atoms with Gasteiger partial charge in [-0.3, -0.25) is 4.79 Å². The number of amides is 1. The van der Waals surface area contributed by atoms with E-state index in [9.17, 15) is 9.59 Å². The highest BCUT2D eigenvalue weighted by Crippen LogP contribution is 2.34. The van der Waals surface area contributed by atoms with Crippen LogP contribution in [-0.4, -0.2) is 18.5 Å². The zero-order valence-electron chi connectivity index (χ0n) is 16.9. The number of aryl methyl sites for hydroxylation is 1. The van der Waals surface area contributed by atoms with Crippen molar-refractivity contribution in [2.75, 3.05) is 11.9 Å². The van der Waals surface area contributed by atoms with Crippen LogP contribution in [0.2, 0.25) is 0 Å². The summed E-state index contributed by atoms with van der Waals surface area (Å²) >= 11 is 1.47. The van der Waals surface area contributed by atoms with E-state index in [4.69, 9.17) is 4.74 Å². The third kappa shape index (κ3) is 7.48. The molecule has 148 valence electrons. The summed E-state index contributed by atoms with van der Waals surface area (Å²) in [6, 6.07) is 0. The predicted octanol–water partition coefficient (Wildman–Crippen LogP) is 6.26. The number of carbonyl (C=O) groups is 2. The second kappa shape index (κ2) is 12.9. The zero-order chi connectivity index (χ0) is 19.4. The smallest absolute Gasteiger partial charge is 0.341 e. The average Bonchev–Trinajstić information content (AvgIpc) is 2.92. The van der Waals surface area contributed by atoms with E-state index < -0.39 is 0 Å². The Balaban J connectivity index is 2.47. The molecule has 4 nitrogen and oxygen atoms in total. The molecule has 0 atom stereocenters. The first-order valence-electron chi connectivity index (χ1n) is 10.1. The Morgan fingerprint density at radius 2 is 1.58 bits per heavy atom. The summed E-state index contributed by atoms with van der Waals surface area (Å²) in [5, 5.41) is 3.58. The van der Waals surface area contributed by atoms with Crippen LogP contribution in [0.25, 0.3) is 0 Å². The number of nitrogens with one attached hydrogen (secondary N) is 1. The monoisotopic (exact) mass is 381 g/mol. The quantitative estimate of drug-likeness (QED) is 0.324. The summed E-state index contributed by atoms with van der Waals surface area (Å²) in [5.74, 6) is -0.346. The van der Waals surface area contributed by atoms with Crippen molar-refractivity contribution in [3.8, 4) is 0 Å². The molecule has 0 saturated carbocycles. The summed E-state index contributed by atoms with van der Waals surface area (Å²) < 4.78 is 5.18. The van der Waals surface area contributed by atoms with Gasteiger partial charge in [-0.15, -0.1) is 11.3 Å². The van der Waals surface area contributed by atoms with Crippen LogP contribution in [-0.2, 0) is 16.0 Å². The summed E-state index contributed by atoms with van der Waals surface area (Å²) in [6.07, 6.45) is 10.9. The number of esters is 1. The van der Waals surface area contributed by atoms with Gasteiger partial charge in [-0.2, -0.15) is 0 Å². The fourth-order valence-corrected chi connectivity index (χ4v) is 4.27. The molecule has 0 spiro atoms. The van der Waals surface area contributed by atoms with Gasteiger partial charge >= 0.3 is 5.97 Å². The number of unbranched alkanes of at least 4 members (excludes halogenated alkanes) is 7. The third-order valence-corrected chi connectivity index (χ3v) is 5.62. The lowest BCUT2D eigenvalue weighted by atomic mass is 10.1. The zero-order valence-corrected chi connectivity index (χ0v) is 17.7. The van der Waals surface area contributed by atoms with Crippen LogP contribution in [0.5, 0.6) is 0 Å². The van der Waals surface area contributed by atoms with Crippen molar-refractivity contribution in [1.82, 2.24) is 0 Å². The largest absolute Gasteiger partial charge is 0.462 e. The normalized spacial score (nSPS) is 10.8. The van der Waals surface area contributed by atoms with Crippen LogP contribution < -0.4 is 5.32 Å². The van der Waals surface area contributed by atoms with Gasteiger partial charge in [0.05, 0.1) is 12.2 Å². The van der Waals surface area contributed by atoms with Crippen molar-refractivity contribution in [2.45, 2.75) is 91.9 Å². The van der Waals surface area contributed by atoms with Crippen LogP contribution >= 0.6 is 11.3 Å². The van der Waals surface area contributed by atoms with Crippen molar-refractivity contribution in [2.24, 2.45) is 0 Å². The van der Waals surface area contributed by atoms with Crippen molar-refractivity contribution in [1.29, 1.82) is 0 Å². The summed E-state index contributed by atoms with van der Waals surface area (Å²) in [5.41, 5.74) is 1.52. The lowest BCUT2D eigenvalue weighted by Crippen LogP contribution is -2.14. The number of hydrogen-bond donors (Lipinski definition) is 1. The molecule has 0 aliphatic carbocycles. The van der Waals surface area contributed by atoms with Crippen molar-refractivity contribution in [3.63, 3.8) is 0 Å². The average molecular weight is 382 g/mol. The molecule has 26 heavy (non-hydrogen) atoms. The number of ether oxygens (including phenoxy) is 1. The Morgan fingerprint density at radius 1 is 0.962 bits per heavy atom. The van der Waals surface area contributed by atoms with Gasteiger partial charge in [-0.05, 0) is 32.3 Å². The Morgan fingerprint density at radius 3 is 2.15 bits per heavy atom. The van der Waals surface area contributed by atoms with Crippen LogP contribution in [0.4, 0.5) is 5.00 Å². The Hall–Kier alpha value is -1.36. The standard InChI is InChI=1S/C21H35NO3S/c1-5-8-9-10-11-12-13-14-15-18(23)22-20-19(21(24)25-7-3)17(6-2)16(4)26-20/h5-15H2,1-4H3,(H,22,23). The van der Waals surface area contributed by atoms with Gasteiger partial charge < -0.3 is 10.1 Å². The van der Waals surface area contributed by atoms with Crippen LogP contribution in [0.15, 0.2) is 0 Å². The van der Waals surface area contributed by atoms with Gasteiger partial charge in [0.1, 0.15) is 5.00 Å². The first-order valence-corrected chi connectivity index (χ1v) is 11.0. The minimum absolute atomic E-state index is 0.00886. The van der Waals surface area contributed by atoms with Crippen LogP contribution in [0.1, 0.15) is 99.4 Å². The molecular formula is C21H35NO3S. The van der Waals surface area contributed by atoms with Crippen LogP contribution in [0, 0.1) is 6.92 Å². The maximum atomic E-state index is 12.3. The fraction of sp³-hybridized carbons (Fsp3) is 0.714. The maximum absolute atomic E-state index is 12.3. The lowest BCUT2D eigenvalue weighted by Gasteiger charge is -2.08. The maximum Gasteiger partial charge on any atom is 0.341 e. The van der Waals surface area contributed by atoms with Gasteiger partial charge in [0.2, 0.25) is 5.91 Å². The Bertz CT molecular complexity index is 566. The summed E-state index contributed by atoms with van der Waals surface area (Å²) in [4.78, 5) is 25.6. The van der Waals surface area contributed by atoms with Crippen molar-refractivity contribution in [3.05, 3.63) is 16.0 Å². The van der Waals surface area contributed by atoms with Crippen molar-refractivity contribution < 1.29 is 14.3 Å². The molecule has 1 aromatic heterocycles. The Labute approximate surface area is 162 Å². The highest BCUT2D eigenvalue weighted by atomic mass is 32.1. The number of anilines is 1. The number of thiophene rings is 1. The highest BCUT2D eigenvalue weighted by molar-refractivity contribution is 7.16. The fourth-order valence-electron chi connectivity index (χ4n) is 3.12. The van der Waals surface area contributed by atoms with Gasteiger partial charge in [0.15, 0.2) is 0 Å². The van der Waals surface area contributed by atoms with Crippen molar-refractivity contribution >= 4 is 28.2 Å². The van der Waals surface area contributed by atoms with E-state index in [0.717, 1.165) is 29.7 Å². The molecular weight excluding hydrogens is 346 g/mol. The van der Waals surface area contributed by atoms with E-state index in [1.165, 1.54) is 49.9 Å². The van der Waals surface area contributed by atoms with Gasteiger partial charge in [-0.1, -0.05) is 58.8 Å². The first-order chi connectivity index (χ1) is 12.5. The minimum Gasteiger partial charge on any atom is -0.462 e. The van der Waals surface area contributed by atoms with Gasteiger partial charge in [0.25, 0.3) is 0 Å². The lowest BCUT2D eigenvalue weighted by molar-refractivity contribution is -0.116. The molecule has 0 radical (unpaired) electrons. The number of carbonyl (C=O) groups excluding carboxylic acids is 2. The molecule has 0 aliphatic rings. The predicted molar refractivity (Wildman–Crippen MR) is 110 cm³/mol. The van der Waals surface area contributed by atoms with E-state index in [1.807, 2.05) is 13.8 Å². The molecule has 0 saturated heterocycles. The topological polar surface area (TPSA) is 55.4 Å². The molecule has 1 amide bonds. The molecule has 0 aliphatic heterocycles. The van der Waals surface area contributed by atoms with E-state index >= 15 is 0 Å². The molecule has 1 aromatic rings. The summed E-state index contributed by atoms with van der Waals surface area (Å²) in [6.45, 7) is 8.36. The summed E-state index contributed by atoms with van der Waals surface area (Å²) in [7, 11) is 0. The van der Waals surface area contributed by atoms with Gasteiger partial charge in [-0.25, -0.2) is 4.79 Å². The number of hydrogen-bond acceptors (Lipinski definition) is 4. The number of rotatable bonds is 13. The second-order valence-electron chi connectivity index (χ2n) is 6.69. The van der Waals surface area contributed by atoms with E-state index in [1.54, 1.807) is 6.92 Å². The Kier molecular flexibility index (Phi) is 11.3.